The lowest BCUT2D eigenvalue weighted by atomic mass is 9.73. The maximum Gasteiger partial charge on any atom is 0.126 e. The monoisotopic (exact) mass is 437 g/mol. The first-order valence-corrected chi connectivity index (χ1v) is 11.9. The van der Waals surface area contributed by atoms with Crippen molar-refractivity contribution in [2.24, 2.45) is 5.92 Å². The van der Waals surface area contributed by atoms with E-state index in [1.54, 1.807) is 0 Å². The van der Waals surface area contributed by atoms with Gasteiger partial charge in [-0.05, 0) is 59.4 Å². The average Bonchev–Trinajstić information content (AvgIpc) is 3.47. The number of aromatic nitrogens is 4. The Morgan fingerprint density at radius 3 is 2.82 bits per heavy atom. The van der Waals surface area contributed by atoms with Crippen molar-refractivity contribution in [3.8, 4) is 11.1 Å². The Morgan fingerprint density at radius 2 is 1.82 bits per heavy atom. The number of imidazole rings is 1. The van der Waals surface area contributed by atoms with Gasteiger partial charge >= 0.3 is 0 Å². The van der Waals surface area contributed by atoms with Crippen LogP contribution < -0.4 is 16.2 Å². The van der Waals surface area contributed by atoms with Crippen LogP contribution in [0.3, 0.4) is 0 Å². The third-order valence-electron chi connectivity index (χ3n) is 7.64. The molecule has 1 saturated heterocycles. The average molecular weight is 438 g/mol. The van der Waals surface area contributed by atoms with Gasteiger partial charge in [0.05, 0.1) is 23.3 Å². The van der Waals surface area contributed by atoms with Crippen LogP contribution in [0.15, 0.2) is 55.1 Å². The van der Waals surface area contributed by atoms with Gasteiger partial charge in [-0.15, -0.1) is 0 Å². The summed E-state index contributed by atoms with van der Waals surface area (Å²) in [5.74, 6) is 1.99. The highest BCUT2D eigenvalue weighted by Crippen LogP contribution is 2.44. The van der Waals surface area contributed by atoms with Gasteiger partial charge in [0.1, 0.15) is 5.82 Å². The highest BCUT2D eigenvalue weighted by atomic mass is 15.4. The van der Waals surface area contributed by atoms with Gasteiger partial charge in [0.25, 0.3) is 0 Å². The number of hydrogen-bond donors (Lipinski definition) is 4. The molecular formula is C26H27N7. The van der Waals surface area contributed by atoms with Crippen LogP contribution in [-0.2, 0) is 13.1 Å². The summed E-state index contributed by atoms with van der Waals surface area (Å²) in [7, 11) is 0. The highest BCUT2D eigenvalue weighted by Gasteiger charge is 2.42. The summed E-state index contributed by atoms with van der Waals surface area (Å²) in [6, 6.07) is 11.6. The molecule has 5 heterocycles. The lowest BCUT2D eigenvalue weighted by Crippen LogP contribution is -2.34. The molecule has 0 radical (unpaired) electrons. The molecule has 4 atom stereocenters. The van der Waals surface area contributed by atoms with E-state index in [9.17, 15) is 0 Å². The molecule has 4 unspecified atom stereocenters. The van der Waals surface area contributed by atoms with Crippen LogP contribution in [0.4, 0.5) is 0 Å². The highest BCUT2D eigenvalue weighted by molar-refractivity contribution is 5.91. The van der Waals surface area contributed by atoms with Crippen LogP contribution in [0.5, 0.6) is 0 Å². The molecule has 0 amide bonds. The van der Waals surface area contributed by atoms with Crippen molar-refractivity contribution in [3.05, 3.63) is 77.6 Å². The van der Waals surface area contributed by atoms with E-state index in [1.165, 1.54) is 23.1 Å². The third kappa shape index (κ3) is 3.35. The minimum atomic E-state index is 0.151. The van der Waals surface area contributed by atoms with E-state index in [0.29, 0.717) is 17.9 Å². The van der Waals surface area contributed by atoms with Gasteiger partial charge < -0.3 is 10.3 Å². The van der Waals surface area contributed by atoms with Crippen LogP contribution in [-0.4, -0.2) is 26.0 Å². The Bertz CT molecular complexity index is 1330. The number of aromatic amines is 1. The molecule has 1 aliphatic carbocycles. The molecule has 2 fully saturated rings. The van der Waals surface area contributed by atoms with E-state index in [4.69, 9.17) is 4.98 Å². The molecule has 8 bridgehead atoms. The molecule has 1 saturated carbocycles. The van der Waals surface area contributed by atoms with Gasteiger partial charge in [-0.1, -0.05) is 24.3 Å². The molecule has 1 aromatic carbocycles. The molecule has 7 heteroatoms. The largest absolute Gasteiger partial charge is 0.339 e. The van der Waals surface area contributed by atoms with E-state index in [1.807, 2.05) is 18.6 Å². The summed E-state index contributed by atoms with van der Waals surface area (Å²) in [4.78, 5) is 17.8. The second kappa shape index (κ2) is 7.73. The van der Waals surface area contributed by atoms with Gasteiger partial charge in [-0.25, -0.2) is 10.4 Å². The van der Waals surface area contributed by atoms with E-state index in [2.05, 4.69) is 67.6 Å². The smallest absolute Gasteiger partial charge is 0.126 e. The van der Waals surface area contributed by atoms with Crippen molar-refractivity contribution in [2.75, 3.05) is 0 Å². The van der Waals surface area contributed by atoms with Crippen LogP contribution in [0, 0.1) is 5.92 Å². The Labute approximate surface area is 192 Å². The van der Waals surface area contributed by atoms with Crippen LogP contribution >= 0.6 is 0 Å². The molecule has 0 spiro atoms. The lowest BCUT2D eigenvalue weighted by molar-refractivity contribution is 0.274. The van der Waals surface area contributed by atoms with Crippen molar-refractivity contribution in [1.29, 1.82) is 0 Å². The zero-order chi connectivity index (χ0) is 21.8. The number of nitrogens with zero attached hydrogens (tertiary/aromatic N) is 3. The molecule has 4 aromatic rings. The van der Waals surface area contributed by atoms with E-state index < -0.39 is 0 Å². The number of nitrogens with one attached hydrogen (secondary N) is 4. The third-order valence-corrected chi connectivity index (χ3v) is 7.64. The van der Waals surface area contributed by atoms with Gasteiger partial charge in [0, 0.05) is 43.3 Å². The van der Waals surface area contributed by atoms with Gasteiger partial charge in [0.2, 0.25) is 0 Å². The molecule has 166 valence electrons. The Morgan fingerprint density at radius 1 is 0.879 bits per heavy atom. The zero-order valence-electron chi connectivity index (χ0n) is 18.4. The molecule has 7 rings (SSSR count). The number of pyridine rings is 2. The first-order chi connectivity index (χ1) is 16.3. The Balaban J connectivity index is 1.37. The van der Waals surface area contributed by atoms with E-state index in [-0.39, 0.29) is 6.04 Å². The topological polar surface area (TPSA) is 90.5 Å². The Kier molecular flexibility index (Phi) is 4.53. The number of hydrazine groups is 1. The predicted octanol–water partition coefficient (Wildman–Crippen LogP) is 3.72. The fraction of sp³-hybridized carbons (Fsp3) is 0.346. The molecule has 4 N–H and O–H groups in total. The standard InChI is InChI=1S/C26H27N7/c1-2-15-6-18(3-1)21-13-29-14-23-24(21)31-26(30-23)25-20-8-17(4-5-22(20)32-33-25)19-7-16(10-27-9-15)11-28-12-19/h1-3,6-7,11-14,17,20,22,25,27,32-33H,4-5,8-10H2,(H,30,31). The summed E-state index contributed by atoms with van der Waals surface area (Å²) < 4.78 is 0. The van der Waals surface area contributed by atoms with Crippen LogP contribution in [0.25, 0.3) is 22.2 Å². The summed E-state index contributed by atoms with van der Waals surface area (Å²) in [6.07, 6.45) is 11.3. The molecule has 2 aliphatic heterocycles. The van der Waals surface area contributed by atoms with Gasteiger partial charge in [-0.2, -0.15) is 0 Å². The number of hydrogen-bond acceptors (Lipinski definition) is 6. The molecule has 3 aliphatic rings. The zero-order valence-corrected chi connectivity index (χ0v) is 18.4. The van der Waals surface area contributed by atoms with Gasteiger partial charge in [-0.3, -0.25) is 15.4 Å². The minimum absolute atomic E-state index is 0.151. The number of H-pyrrole nitrogens is 1. The minimum Gasteiger partial charge on any atom is -0.339 e. The van der Waals surface area contributed by atoms with Gasteiger partial charge in [0.15, 0.2) is 0 Å². The second-order valence-corrected chi connectivity index (χ2v) is 9.68. The van der Waals surface area contributed by atoms with E-state index in [0.717, 1.165) is 53.9 Å². The maximum atomic E-state index is 5.12. The van der Waals surface area contributed by atoms with Crippen molar-refractivity contribution in [2.45, 2.75) is 50.4 Å². The number of benzene rings is 1. The normalized spacial score (nSPS) is 26.4. The van der Waals surface area contributed by atoms with Crippen molar-refractivity contribution >= 4 is 11.0 Å². The van der Waals surface area contributed by atoms with Crippen molar-refractivity contribution in [1.82, 2.24) is 36.1 Å². The summed E-state index contributed by atoms with van der Waals surface area (Å²) in [5, 5.41) is 3.60. The Hall–Kier alpha value is -3.13. The molecule has 3 aromatic heterocycles. The summed E-state index contributed by atoms with van der Waals surface area (Å²) in [6.45, 7) is 1.62. The summed E-state index contributed by atoms with van der Waals surface area (Å²) in [5.41, 5.74) is 15.2. The van der Waals surface area contributed by atoms with Crippen molar-refractivity contribution < 1.29 is 0 Å². The van der Waals surface area contributed by atoms with Crippen LogP contribution in [0.2, 0.25) is 0 Å². The van der Waals surface area contributed by atoms with E-state index >= 15 is 0 Å². The SMILES string of the molecule is c1cc2cc(c1)-c1cncc3[nH]c(nc13)C1NNC3CCC(CC31)c1cncc(c1)CNC2. The fourth-order valence-electron chi connectivity index (χ4n) is 5.97. The lowest BCUT2D eigenvalue weighted by Gasteiger charge is -2.33. The van der Waals surface area contributed by atoms with Crippen LogP contribution in [0.1, 0.15) is 53.7 Å². The maximum absolute atomic E-state index is 5.12. The predicted molar refractivity (Wildman–Crippen MR) is 127 cm³/mol. The first kappa shape index (κ1) is 19.3. The number of fused-ring (bicyclic) bond motifs is 9. The van der Waals surface area contributed by atoms with Crippen molar-refractivity contribution in [3.63, 3.8) is 0 Å². The molecular weight excluding hydrogens is 410 g/mol. The second-order valence-electron chi connectivity index (χ2n) is 9.68. The molecule has 7 nitrogen and oxygen atoms in total. The molecule has 33 heavy (non-hydrogen) atoms. The number of rotatable bonds is 0. The fourth-order valence-corrected chi connectivity index (χ4v) is 5.97. The quantitative estimate of drug-likeness (QED) is 0.335. The summed E-state index contributed by atoms with van der Waals surface area (Å²) >= 11 is 0. The first-order valence-electron chi connectivity index (χ1n) is 11.9.